The van der Waals surface area contributed by atoms with Crippen molar-refractivity contribution in [2.75, 3.05) is 13.1 Å². The first kappa shape index (κ1) is 14.6. The molecule has 0 aromatic carbocycles. The standard InChI is InChI=1S/C11H21N3O2/c1-3-5-9(12)11(16)14-8-6-10(15)13-7-4-2/h3,9H,1,4-8,12H2,2H3,(H,13,15)(H,14,16). The summed E-state index contributed by atoms with van der Waals surface area (Å²) in [5.41, 5.74) is 5.54. The molecule has 1 unspecified atom stereocenters. The van der Waals surface area contributed by atoms with E-state index in [0.717, 1.165) is 6.42 Å². The molecule has 0 spiro atoms. The van der Waals surface area contributed by atoms with Gasteiger partial charge in [0.05, 0.1) is 6.04 Å². The lowest BCUT2D eigenvalue weighted by Gasteiger charge is -2.10. The number of nitrogens with one attached hydrogen (secondary N) is 2. The van der Waals surface area contributed by atoms with Gasteiger partial charge in [-0.2, -0.15) is 0 Å². The Morgan fingerprint density at radius 1 is 1.38 bits per heavy atom. The van der Waals surface area contributed by atoms with Gasteiger partial charge in [0.1, 0.15) is 0 Å². The topological polar surface area (TPSA) is 84.2 Å². The molecule has 0 radical (unpaired) electrons. The van der Waals surface area contributed by atoms with Crippen LogP contribution in [0.25, 0.3) is 0 Å². The average Bonchev–Trinajstić information content (AvgIpc) is 2.26. The van der Waals surface area contributed by atoms with Gasteiger partial charge < -0.3 is 16.4 Å². The van der Waals surface area contributed by atoms with Crippen molar-refractivity contribution in [2.45, 2.75) is 32.2 Å². The van der Waals surface area contributed by atoms with Crippen molar-refractivity contribution >= 4 is 11.8 Å². The largest absolute Gasteiger partial charge is 0.356 e. The van der Waals surface area contributed by atoms with Crippen LogP contribution in [0.4, 0.5) is 0 Å². The van der Waals surface area contributed by atoms with Crippen molar-refractivity contribution in [2.24, 2.45) is 5.73 Å². The number of amides is 2. The average molecular weight is 227 g/mol. The van der Waals surface area contributed by atoms with Crippen molar-refractivity contribution in [1.82, 2.24) is 10.6 Å². The predicted octanol–water partition coefficient (Wildman–Crippen LogP) is -0.0777. The molecule has 0 bridgehead atoms. The molecule has 5 heteroatoms. The summed E-state index contributed by atoms with van der Waals surface area (Å²) in [4.78, 5) is 22.5. The van der Waals surface area contributed by atoms with Gasteiger partial charge in [-0.05, 0) is 12.8 Å². The molecule has 0 fully saturated rings. The quantitative estimate of drug-likeness (QED) is 0.507. The molecule has 0 aliphatic carbocycles. The van der Waals surface area contributed by atoms with Crippen molar-refractivity contribution in [3.05, 3.63) is 12.7 Å². The first-order valence-electron chi connectivity index (χ1n) is 5.52. The molecule has 2 amide bonds. The first-order chi connectivity index (χ1) is 7.61. The number of carbonyl (C=O) groups is 2. The Kier molecular flexibility index (Phi) is 8.15. The number of hydrogen-bond acceptors (Lipinski definition) is 3. The lowest BCUT2D eigenvalue weighted by atomic mass is 10.2. The van der Waals surface area contributed by atoms with Gasteiger partial charge in [0.2, 0.25) is 11.8 Å². The number of carbonyl (C=O) groups excluding carboxylic acids is 2. The van der Waals surface area contributed by atoms with Crippen LogP contribution in [0.15, 0.2) is 12.7 Å². The van der Waals surface area contributed by atoms with Gasteiger partial charge in [0.15, 0.2) is 0 Å². The Balaban J connectivity index is 3.61. The fourth-order valence-corrected chi connectivity index (χ4v) is 1.07. The maximum absolute atomic E-state index is 11.3. The highest BCUT2D eigenvalue weighted by molar-refractivity contribution is 5.82. The maximum atomic E-state index is 11.3. The van der Waals surface area contributed by atoms with Gasteiger partial charge in [-0.15, -0.1) is 6.58 Å². The van der Waals surface area contributed by atoms with E-state index in [-0.39, 0.29) is 18.2 Å². The minimum Gasteiger partial charge on any atom is -0.356 e. The van der Waals surface area contributed by atoms with Crippen LogP contribution in [0.3, 0.4) is 0 Å². The molecule has 16 heavy (non-hydrogen) atoms. The minimum absolute atomic E-state index is 0.0561. The van der Waals surface area contributed by atoms with Crippen LogP contribution in [0.5, 0.6) is 0 Å². The molecule has 92 valence electrons. The Morgan fingerprint density at radius 3 is 2.62 bits per heavy atom. The summed E-state index contributed by atoms with van der Waals surface area (Å²) in [5, 5.41) is 5.32. The second-order valence-electron chi connectivity index (χ2n) is 3.52. The Bertz CT molecular complexity index is 241. The van der Waals surface area contributed by atoms with E-state index in [9.17, 15) is 9.59 Å². The molecule has 0 aromatic rings. The van der Waals surface area contributed by atoms with Crippen LogP contribution in [0, 0.1) is 0 Å². The van der Waals surface area contributed by atoms with Crippen LogP contribution in [0.2, 0.25) is 0 Å². The first-order valence-corrected chi connectivity index (χ1v) is 5.52. The van der Waals surface area contributed by atoms with Crippen molar-refractivity contribution in [3.63, 3.8) is 0 Å². The second kappa shape index (κ2) is 8.91. The zero-order valence-electron chi connectivity index (χ0n) is 9.79. The van der Waals surface area contributed by atoms with Gasteiger partial charge in [-0.1, -0.05) is 13.0 Å². The molecule has 0 saturated carbocycles. The fraction of sp³-hybridized carbons (Fsp3) is 0.636. The van der Waals surface area contributed by atoms with Crippen LogP contribution < -0.4 is 16.4 Å². The van der Waals surface area contributed by atoms with E-state index in [1.54, 1.807) is 6.08 Å². The van der Waals surface area contributed by atoms with E-state index in [0.29, 0.717) is 19.5 Å². The van der Waals surface area contributed by atoms with Crippen LogP contribution in [0.1, 0.15) is 26.2 Å². The summed E-state index contributed by atoms with van der Waals surface area (Å²) in [6, 6.07) is -0.573. The van der Waals surface area contributed by atoms with Gasteiger partial charge >= 0.3 is 0 Å². The Hall–Kier alpha value is -1.36. The van der Waals surface area contributed by atoms with Gasteiger partial charge in [0.25, 0.3) is 0 Å². The highest BCUT2D eigenvalue weighted by Gasteiger charge is 2.10. The fourth-order valence-electron chi connectivity index (χ4n) is 1.07. The third kappa shape index (κ3) is 7.00. The van der Waals surface area contributed by atoms with Gasteiger partial charge in [-0.3, -0.25) is 9.59 Å². The molecule has 0 aliphatic rings. The maximum Gasteiger partial charge on any atom is 0.237 e. The number of rotatable bonds is 8. The van der Waals surface area contributed by atoms with Crippen LogP contribution >= 0.6 is 0 Å². The molecule has 0 heterocycles. The number of nitrogens with two attached hydrogens (primary N) is 1. The second-order valence-corrected chi connectivity index (χ2v) is 3.52. The smallest absolute Gasteiger partial charge is 0.237 e. The van der Waals surface area contributed by atoms with E-state index in [4.69, 9.17) is 5.73 Å². The molecule has 5 nitrogen and oxygen atoms in total. The van der Waals surface area contributed by atoms with E-state index < -0.39 is 6.04 Å². The molecule has 0 aliphatic heterocycles. The highest BCUT2D eigenvalue weighted by atomic mass is 16.2. The summed E-state index contributed by atoms with van der Waals surface area (Å²) in [6.45, 7) is 6.47. The molecule has 4 N–H and O–H groups in total. The lowest BCUT2D eigenvalue weighted by molar-refractivity contribution is -0.123. The summed E-state index contributed by atoms with van der Waals surface area (Å²) in [5.74, 6) is -0.303. The molecule has 0 aromatic heterocycles. The normalized spacial score (nSPS) is 11.6. The SMILES string of the molecule is C=CCC(N)C(=O)NCCC(=O)NCCC. The molecule has 0 saturated heterocycles. The van der Waals surface area contributed by atoms with E-state index in [2.05, 4.69) is 17.2 Å². The monoisotopic (exact) mass is 227 g/mol. The summed E-state index contributed by atoms with van der Waals surface area (Å²) >= 11 is 0. The minimum atomic E-state index is -0.573. The Labute approximate surface area is 96.5 Å². The Morgan fingerprint density at radius 2 is 2.06 bits per heavy atom. The summed E-state index contributed by atoms with van der Waals surface area (Å²) in [7, 11) is 0. The predicted molar refractivity (Wildman–Crippen MR) is 63.7 cm³/mol. The van der Waals surface area contributed by atoms with E-state index in [1.165, 1.54) is 0 Å². The van der Waals surface area contributed by atoms with Crippen molar-refractivity contribution in [1.29, 1.82) is 0 Å². The molecular weight excluding hydrogens is 206 g/mol. The summed E-state index contributed by atoms with van der Waals surface area (Å²) in [6.07, 6.45) is 3.22. The third-order valence-electron chi connectivity index (χ3n) is 1.98. The van der Waals surface area contributed by atoms with E-state index in [1.807, 2.05) is 6.92 Å². The number of hydrogen-bond donors (Lipinski definition) is 3. The zero-order chi connectivity index (χ0) is 12.4. The highest BCUT2D eigenvalue weighted by Crippen LogP contribution is 1.88. The summed E-state index contributed by atoms with van der Waals surface area (Å²) < 4.78 is 0. The molecule has 0 rings (SSSR count). The van der Waals surface area contributed by atoms with Crippen molar-refractivity contribution < 1.29 is 9.59 Å². The lowest BCUT2D eigenvalue weighted by Crippen LogP contribution is -2.41. The third-order valence-corrected chi connectivity index (χ3v) is 1.98. The van der Waals surface area contributed by atoms with E-state index >= 15 is 0 Å². The molecule has 1 atom stereocenters. The van der Waals surface area contributed by atoms with Gasteiger partial charge in [0, 0.05) is 19.5 Å². The van der Waals surface area contributed by atoms with Crippen molar-refractivity contribution in [3.8, 4) is 0 Å². The van der Waals surface area contributed by atoms with Gasteiger partial charge in [-0.25, -0.2) is 0 Å². The van der Waals surface area contributed by atoms with Crippen LogP contribution in [-0.4, -0.2) is 30.9 Å². The zero-order valence-corrected chi connectivity index (χ0v) is 9.79. The molecular formula is C11H21N3O2. The van der Waals surface area contributed by atoms with Crippen LogP contribution in [-0.2, 0) is 9.59 Å².